The van der Waals surface area contributed by atoms with Crippen LogP contribution in [0.2, 0.25) is 0 Å². The standard InChI is InChI=1S/C28H30N6O3/c1-20-9-6-7-13-23(20)34-27(30-31-32-34)26(21-10-4-3-5-11-21)33(2)25(36)15-17-28(16-14-24(35)29-28)19-22-12-8-18-37-22/h3-13,18,26H,14-17,19H2,1-2H3,(H,29,35). The largest absolute Gasteiger partial charge is 0.469 e. The smallest absolute Gasteiger partial charge is 0.223 e. The number of hydrogen-bond donors (Lipinski definition) is 1. The molecule has 37 heavy (non-hydrogen) atoms. The molecule has 1 fully saturated rings. The molecule has 3 heterocycles. The van der Waals surface area contributed by atoms with Crippen molar-refractivity contribution < 1.29 is 14.0 Å². The van der Waals surface area contributed by atoms with Crippen molar-refractivity contribution in [1.29, 1.82) is 0 Å². The number of nitrogens with zero attached hydrogens (tertiary/aromatic N) is 5. The maximum atomic E-state index is 13.7. The minimum atomic E-state index is -0.504. The summed E-state index contributed by atoms with van der Waals surface area (Å²) in [6, 6.07) is 20.9. The van der Waals surface area contributed by atoms with Crippen molar-refractivity contribution in [3.05, 3.63) is 95.7 Å². The molecule has 4 aromatic rings. The second kappa shape index (κ2) is 10.4. The molecule has 2 aromatic heterocycles. The minimum Gasteiger partial charge on any atom is -0.469 e. The molecule has 2 aromatic carbocycles. The average Bonchev–Trinajstić information content (AvgIpc) is 3.67. The average molecular weight is 499 g/mol. The molecule has 1 aliphatic heterocycles. The van der Waals surface area contributed by atoms with Crippen LogP contribution in [0.15, 0.2) is 77.4 Å². The van der Waals surface area contributed by atoms with E-state index in [1.165, 1.54) is 0 Å². The Bertz CT molecular complexity index is 1370. The first kappa shape index (κ1) is 24.4. The highest BCUT2D eigenvalue weighted by Crippen LogP contribution is 2.32. The molecule has 0 aliphatic carbocycles. The quantitative estimate of drug-likeness (QED) is 0.376. The molecule has 0 bridgehead atoms. The van der Waals surface area contributed by atoms with Crippen LogP contribution in [-0.2, 0) is 16.0 Å². The van der Waals surface area contributed by atoms with Gasteiger partial charge in [0.15, 0.2) is 5.82 Å². The predicted molar refractivity (Wildman–Crippen MR) is 137 cm³/mol. The van der Waals surface area contributed by atoms with Gasteiger partial charge in [-0.3, -0.25) is 9.59 Å². The second-order valence-electron chi connectivity index (χ2n) is 9.64. The Morgan fingerprint density at radius 1 is 1.14 bits per heavy atom. The normalized spacial score (nSPS) is 17.9. The number of furan rings is 1. The van der Waals surface area contributed by atoms with Gasteiger partial charge in [0.2, 0.25) is 11.8 Å². The Labute approximate surface area is 215 Å². The number of carbonyl (C=O) groups is 2. The third-order valence-corrected chi connectivity index (χ3v) is 7.12. The van der Waals surface area contributed by atoms with E-state index in [0.29, 0.717) is 31.5 Å². The van der Waals surface area contributed by atoms with Crippen LogP contribution in [-0.4, -0.2) is 49.5 Å². The van der Waals surface area contributed by atoms with E-state index in [2.05, 4.69) is 20.8 Å². The maximum Gasteiger partial charge on any atom is 0.223 e. The summed E-state index contributed by atoms with van der Waals surface area (Å²) in [6.07, 6.45) is 4.05. The topological polar surface area (TPSA) is 106 Å². The first-order chi connectivity index (χ1) is 18.0. The first-order valence-corrected chi connectivity index (χ1v) is 12.4. The first-order valence-electron chi connectivity index (χ1n) is 12.4. The van der Waals surface area contributed by atoms with Crippen LogP contribution in [0, 0.1) is 6.92 Å². The van der Waals surface area contributed by atoms with Gasteiger partial charge in [-0.05, 0) is 59.5 Å². The number of rotatable bonds is 9. The number of aryl methyl sites for hydroxylation is 1. The van der Waals surface area contributed by atoms with Gasteiger partial charge in [0.1, 0.15) is 11.8 Å². The SMILES string of the molecule is Cc1ccccc1-n1nnnc1C(c1ccccc1)N(C)C(=O)CCC1(Cc2ccco2)CCC(=O)N1. The zero-order valence-corrected chi connectivity index (χ0v) is 21.0. The van der Waals surface area contributed by atoms with Crippen molar-refractivity contribution in [3.63, 3.8) is 0 Å². The summed E-state index contributed by atoms with van der Waals surface area (Å²) < 4.78 is 7.25. The Morgan fingerprint density at radius 3 is 2.62 bits per heavy atom. The highest BCUT2D eigenvalue weighted by Gasteiger charge is 2.39. The van der Waals surface area contributed by atoms with Crippen molar-refractivity contribution in [3.8, 4) is 5.69 Å². The molecule has 1 saturated heterocycles. The highest BCUT2D eigenvalue weighted by molar-refractivity contribution is 5.80. The second-order valence-corrected chi connectivity index (χ2v) is 9.64. The summed E-state index contributed by atoms with van der Waals surface area (Å²) in [5.41, 5.74) is 2.28. The summed E-state index contributed by atoms with van der Waals surface area (Å²) in [5, 5.41) is 15.7. The molecule has 1 N–H and O–H groups in total. The van der Waals surface area contributed by atoms with E-state index in [9.17, 15) is 9.59 Å². The van der Waals surface area contributed by atoms with E-state index in [1.54, 1.807) is 22.9 Å². The summed E-state index contributed by atoms with van der Waals surface area (Å²) in [4.78, 5) is 27.5. The molecule has 0 spiro atoms. The van der Waals surface area contributed by atoms with Crippen LogP contribution >= 0.6 is 0 Å². The third-order valence-electron chi connectivity index (χ3n) is 7.12. The van der Waals surface area contributed by atoms with E-state index >= 15 is 0 Å². The number of hydrogen-bond acceptors (Lipinski definition) is 6. The molecule has 0 radical (unpaired) electrons. The molecule has 2 amide bonds. The number of benzene rings is 2. The fraction of sp³-hybridized carbons (Fsp3) is 0.321. The van der Waals surface area contributed by atoms with E-state index in [1.807, 2.05) is 73.7 Å². The molecule has 5 rings (SSSR count). The lowest BCUT2D eigenvalue weighted by atomic mass is 9.86. The fourth-order valence-electron chi connectivity index (χ4n) is 5.11. The van der Waals surface area contributed by atoms with Crippen LogP contribution in [0.3, 0.4) is 0 Å². The molecule has 9 heteroatoms. The number of para-hydroxylation sites is 1. The Balaban J connectivity index is 1.42. The molecule has 9 nitrogen and oxygen atoms in total. The zero-order valence-electron chi connectivity index (χ0n) is 21.0. The van der Waals surface area contributed by atoms with Gasteiger partial charge >= 0.3 is 0 Å². The number of aromatic nitrogens is 4. The molecule has 0 saturated carbocycles. The van der Waals surface area contributed by atoms with Crippen LogP contribution in [0.4, 0.5) is 0 Å². The Morgan fingerprint density at radius 2 is 1.92 bits per heavy atom. The maximum absolute atomic E-state index is 13.7. The lowest BCUT2D eigenvalue weighted by molar-refractivity contribution is -0.132. The van der Waals surface area contributed by atoms with Gasteiger partial charge in [-0.25, -0.2) is 0 Å². The van der Waals surface area contributed by atoms with Crippen LogP contribution < -0.4 is 5.32 Å². The Kier molecular flexibility index (Phi) is 6.85. The van der Waals surface area contributed by atoms with Gasteiger partial charge in [0, 0.05) is 31.8 Å². The van der Waals surface area contributed by atoms with Gasteiger partial charge in [-0.1, -0.05) is 48.5 Å². The van der Waals surface area contributed by atoms with Gasteiger partial charge < -0.3 is 14.6 Å². The summed E-state index contributed by atoms with van der Waals surface area (Å²) in [6.45, 7) is 2.00. The van der Waals surface area contributed by atoms with E-state index in [-0.39, 0.29) is 18.2 Å². The van der Waals surface area contributed by atoms with Gasteiger partial charge in [0.25, 0.3) is 0 Å². The monoisotopic (exact) mass is 498 g/mol. The van der Waals surface area contributed by atoms with E-state index in [0.717, 1.165) is 22.6 Å². The van der Waals surface area contributed by atoms with Crippen LogP contribution in [0.5, 0.6) is 0 Å². The van der Waals surface area contributed by atoms with Crippen molar-refractivity contribution >= 4 is 11.8 Å². The lowest BCUT2D eigenvalue weighted by Gasteiger charge is -2.31. The van der Waals surface area contributed by atoms with Gasteiger partial charge in [-0.2, -0.15) is 4.68 Å². The van der Waals surface area contributed by atoms with Gasteiger partial charge in [0.05, 0.1) is 12.0 Å². The molecule has 2 unspecified atom stereocenters. The molecular weight excluding hydrogens is 468 g/mol. The van der Waals surface area contributed by atoms with Crippen molar-refractivity contribution in [2.45, 2.75) is 50.6 Å². The zero-order chi connectivity index (χ0) is 25.8. The Hall–Kier alpha value is -4.27. The van der Waals surface area contributed by atoms with Crippen LogP contribution in [0.25, 0.3) is 5.69 Å². The van der Waals surface area contributed by atoms with Crippen molar-refractivity contribution in [1.82, 2.24) is 30.4 Å². The lowest BCUT2D eigenvalue weighted by Crippen LogP contribution is -2.45. The van der Waals surface area contributed by atoms with Crippen molar-refractivity contribution in [2.75, 3.05) is 7.05 Å². The molecule has 190 valence electrons. The molecule has 1 aliphatic rings. The minimum absolute atomic E-state index is 0.00642. The van der Waals surface area contributed by atoms with E-state index < -0.39 is 11.6 Å². The predicted octanol–water partition coefficient (Wildman–Crippen LogP) is 3.78. The van der Waals surface area contributed by atoms with Crippen LogP contribution in [0.1, 0.15) is 54.4 Å². The number of tetrazole rings is 1. The highest BCUT2D eigenvalue weighted by atomic mass is 16.3. The number of amides is 2. The summed E-state index contributed by atoms with van der Waals surface area (Å²) in [7, 11) is 1.78. The molecular formula is C28H30N6O3. The number of nitrogens with one attached hydrogen (secondary N) is 1. The van der Waals surface area contributed by atoms with Gasteiger partial charge in [-0.15, -0.1) is 5.10 Å². The third kappa shape index (κ3) is 5.16. The number of carbonyl (C=O) groups excluding carboxylic acids is 2. The fourth-order valence-corrected chi connectivity index (χ4v) is 5.11. The summed E-state index contributed by atoms with van der Waals surface area (Å²) in [5.74, 6) is 1.29. The van der Waals surface area contributed by atoms with Crippen molar-refractivity contribution in [2.24, 2.45) is 0 Å². The van der Waals surface area contributed by atoms with E-state index in [4.69, 9.17) is 4.42 Å². The molecule has 2 atom stereocenters. The summed E-state index contributed by atoms with van der Waals surface area (Å²) >= 11 is 0.